The molecule has 3 aromatic carbocycles. The fourth-order valence-electron chi connectivity index (χ4n) is 4.02. The molecule has 0 radical (unpaired) electrons. The molecular weight excluding hydrogens is 430 g/mol. The van der Waals surface area contributed by atoms with Crippen LogP contribution in [0.25, 0.3) is 21.8 Å². The van der Waals surface area contributed by atoms with E-state index in [0.717, 1.165) is 40.5 Å². The minimum absolute atomic E-state index is 0.0311. The summed E-state index contributed by atoms with van der Waals surface area (Å²) in [4.78, 5) is 17.8. The number of para-hydroxylation sites is 2. The van der Waals surface area contributed by atoms with Crippen LogP contribution >= 0.6 is 11.3 Å². The number of amides is 1. The molecule has 166 valence electrons. The van der Waals surface area contributed by atoms with Crippen LogP contribution in [0.4, 0.5) is 0 Å². The third kappa shape index (κ3) is 4.91. The number of thiophene rings is 1. The van der Waals surface area contributed by atoms with Gasteiger partial charge in [-0.05, 0) is 52.9 Å². The summed E-state index contributed by atoms with van der Waals surface area (Å²) in [7, 11) is 0. The Morgan fingerprint density at radius 2 is 1.82 bits per heavy atom. The summed E-state index contributed by atoms with van der Waals surface area (Å²) in [5, 5.41) is 7.31. The van der Waals surface area contributed by atoms with E-state index >= 15 is 0 Å². The first-order valence-corrected chi connectivity index (χ1v) is 12.0. The lowest BCUT2D eigenvalue weighted by atomic mass is 10.1. The number of fused-ring (bicyclic) bond motifs is 2. The predicted molar refractivity (Wildman–Crippen MR) is 134 cm³/mol. The molecule has 0 saturated heterocycles. The highest BCUT2D eigenvalue weighted by molar-refractivity contribution is 7.12. The van der Waals surface area contributed by atoms with Crippen molar-refractivity contribution >= 4 is 39.0 Å². The molecule has 0 saturated carbocycles. The van der Waals surface area contributed by atoms with Crippen LogP contribution < -0.4 is 10.1 Å². The van der Waals surface area contributed by atoms with E-state index < -0.39 is 0 Å². The Morgan fingerprint density at radius 3 is 2.70 bits per heavy atom. The lowest BCUT2D eigenvalue weighted by Gasteiger charge is -2.11. The first-order chi connectivity index (χ1) is 16.3. The molecule has 0 aliphatic carbocycles. The number of rotatable bonds is 9. The summed E-state index contributed by atoms with van der Waals surface area (Å²) < 4.78 is 8.28. The van der Waals surface area contributed by atoms with Gasteiger partial charge in [0.2, 0.25) is 0 Å². The Balaban J connectivity index is 1.21. The van der Waals surface area contributed by atoms with Crippen LogP contribution in [0.15, 0.2) is 84.2 Å². The summed E-state index contributed by atoms with van der Waals surface area (Å²) in [6.07, 6.45) is 1.54. The Hall–Kier alpha value is -3.64. The fraction of sp³-hybridized carbons (Fsp3) is 0.185. The second-order valence-corrected chi connectivity index (χ2v) is 8.81. The molecule has 2 aromatic heterocycles. The second kappa shape index (κ2) is 9.88. The smallest absolute Gasteiger partial charge is 0.261 e. The second-order valence-electron chi connectivity index (χ2n) is 7.86. The predicted octanol–water partition coefficient (Wildman–Crippen LogP) is 5.69. The monoisotopic (exact) mass is 455 g/mol. The van der Waals surface area contributed by atoms with E-state index in [1.807, 2.05) is 53.9 Å². The van der Waals surface area contributed by atoms with Crippen LogP contribution in [0.5, 0.6) is 5.75 Å². The van der Waals surface area contributed by atoms with E-state index in [-0.39, 0.29) is 5.91 Å². The van der Waals surface area contributed by atoms with Gasteiger partial charge in [-0.2, -0.15) is 0 Å². The number of ether oxygens (including phenoxy) is 1. The summed E-state index contributed by atoms with van der Waals surface area (Å²) in [6, 6.07) is 26.4. The summed E-state index contributed by atoms with van der Waals surface area (Å²) in [6.45, 7) is 1.98. The van der Waals surface area contributed by atoms with Crippen molar-refractivity contribution in [3.63, 3.8) is 0 Å². The third-order valence-electron chi connectivity index (χ3n) is 5.63. The number of hydrogen-bond donors (Lipinski definition) is 1. The van der Waals surface area contributed by atoms with E-state index in [9.17, 15) is 4.79 Å². The largest absolute Gasteiger partial charge is 0.494 e. The number of nitrogens with zero attached hydrogens (tertiary/aromatic N) is 2. The van der Waals surface area contributed by atoms with Crippen LogP contribution in [-0.4, -0.2) is 28.6 Å². The molecule has 0 spiro atoms. The highest BCUT2D eigenvalue weighted by Gasteiger charge is 2.12. The van der Waals surface area contributed by atoms with Gasteiger partial charge in [0, 0.05) is 19.5 Å². The highest BCUT2D eigenvalue weighted by Crippen LogP contribution is 2.21. The summed E-state index contributed by atoms with van der Waals surface area (Å²) in [5.41, 5.74) is 2.09. The molecule has 1 N–H and O–H groups in total. The maximum Gasteiger partial charge on any atom is 0.261 e. The fourth-order valence-corrected chi connectivity index (χ4v) is 4.66. The molecular formula is C27H25N3O2S. The normalized spacial score (nSPS) is 11.2. The molecule has 0 aliphatic heterocycles. The highest BCUT2D eigenvalue weighted by atomic mass is 32.1. The van der Waals surface area contributed by atoms with Gasteiger partial charge >= 0.3 is 0 Å². The molecule has 0 atom stereocenters. The van der Waals surface area contributed by atoms with Gasteiger partial charge in [-0.25, -0.2) is 4.98 Å². The lowest BCUT2D eigenvalue weighted by Crippen LogP contribution is -2.25. The minimum atomic E-state index is -0.0311. The Morgan fingerprint density at radius 1 is 0.970 bits per heavy atom. The molecule has 0 unspecified atom stereocenters. The van der Waals surface area contributed by atoms with Crippen LogP contribution in [0.1, 0.15) is 21.9 Å². The summed E-state index contributed by atoms with van der Waals surface area (Å²) >= 11 is 1.45. The molecule has 33 heavy (non-hydrogen) atoms. The van der Waals surface area contributed by atoms with Gasteiger partial charge in [0.15, 0.2) is 0 Å². The number of carbonyl (C=O) groups excluding carboxylic acids is 1. The number of carbonyl (C=O) groups is 1. The molecule has 6 heteroatoms. The maximum atomic E-state index is 12.2. The van der Waals surface area contributed by atoms with Crippen molar-refractivity contribution in [1.82, 2.24) is 14.9 Å². The van der Waals surface area contributed by atoms with Crippen molar-refractivity contribution in [3.05, 3.63) is 94.9 Å². The van der Waals surface area contributed by atoms with Gasteiger partial charge < -0.3 is 14.6 Å². The van der Waals surface area contributed by atoms with Gasteiger partial charge in [0.25, 0.3) is 5.91 Å². The molecule has 0 aliphatic rings. The SMILES string of the molecule is O=C(NCCc1nc2ccccc2n1CCCOc1ccc2ccccc2c1)c1cccs1. The number of imidazole rings is 1. The quantitative estimate of drug-likeness (QED) is 0.290. The summed E-state index contributed by atoms with van der Waals surface area (Å²) in [5.74, 6) is 1.84. The van der Waals surface area contributed by atoms with E-state index in [0.29, 0.717) is 19.6 Å². The van der Waals surface area contributed by atoms with Gasteiger partial charge in [-0.3, -0.25) is 4.79 Å². The average molecular weight is 456 g/mol. The lowest BCUT2D eigenvalue weighted by molar-refractivity contribution is 0.0958. The first-order valence-electron chi connectivity index (χ1n) is 11.2. The van der Waals surface area contributed by atoms with Gasteiger partial charge in [0.05, 0.1) is 22.5 Å². The van der Waals surface area contributed by atoms with E-state index in [1.54, 1.807) is 0 Å². The van der Waals surface area contributed by atoms with Crippen LogP contribution in [0, 0.1) is 0 Å². The third-order valence-corrected chi connectivity index (χ3v) is 6.50. The Bertz CT molecular complexity index is 1370. The van der Waals surface area contributed by atoms with Gasteiger partial charge in [-0.1, -0.05) is 48.5 Å². The van der Waals surface area contributed by atoms with Crippen LogP contribution in [-0.2, 0) is 13.0 Å². The average Bonchev–Trinajstić information content (AvgIpc) is 3.50. The number of benzene rings is 3. The van der Waals surface area contributed by atoms with Crippen LogP contribution in [0.2, 0.25) is 0 Å². The minimum Gasteiger partial charge on any atom is -0.494 e. The van der Waals surface area contributed by atoms with Crippen molar-refractivity contribution in [1.29, 1.82) is 0 Å². The van der Waals surface area contributed by atoms with Crippen LogP contribution in [0.3, 0.4) is 0 Å². The zero-order chi connectivity index (χ0) is 22.5. The zero-order valence-electron chi connectivity index (χ0n) is 18.2. The number of hydrogen-bond acceptors (Lipinski definition) is 4. The van der Waals surface area contributed by atoms with Crippen molar-refractivity contribution in [2.24, 2.45) is 0 Å². The molecule has 0 fully saturated rings. The topological polar surface area (TPSA) is 56.2 Å². The van der Waals surface area contributed by atoms with E-state index in [4.69, 9.17) is 9.72 Å². The van der Waals surface area contributed by atoms with E-state index in [2.05, 4.69) is 40.2 Å². The number of nitrogens with one attached hydrogen (secondary N) is 1. The molecule has 5 nitrogen and oxygen atoms in total. The Labute approximate surface area is 196 Å². The first kappa shape index (κ1) is 21.2. The van der Waals surface area contributed by atoms with Gasteiger partial charge in [0.1, 0.15) is 11.6 Å². The van der Waals surface area contributed by atoms with Crippen molar-refractivity contribution < 1.29 is 9.53 Å². The van der Waals surface area contributed by atoms with Crippen molar-refractivity contribution in [2.75, 3.05) is 13.2 Å². The van der Waals surface area contributed by atoms with Crippen molar-refractivity contribution in [3.8, 4) is 5.75 Å². The number of aromatic nitrogens is 2. The Kier molecular flexibility index (Phi) is 6.35. The zero-order valence-corrected chi connectivity index (χ0v) is 19.1. The molecule has 5 rings (SSSR count). The van der Waals surface area contributed by atoms with E-state index in [1.165, 1.54) is 22.1 Å². The van der Waals surface area contributed by atoms with Crippen molar-refractivity contribution in [2.45, 2.75) is 19.4 Å². The molecule has 2 heterocycles. The number of aryl methyl sites for hydroxylation is 1. The standard InChI is InChI=1S/C27H25N3O2S/c31-27(25-11-5-18-33-25)28-15-14-26-29-23-9-3-4-10-24(23)30(26)16-6-17-32-22-13-12-20-7-1-2-8-21(20)19-22/h1-5,7-13,18-19H,6,14-17H2,(H,28,31). The molecule has 0 bridgehead atoms. The maximum absolute atomic E-state index is 12.2. The molecule has 5 aromatic rings. The van der Waals surface area contributed by atoms with Gasteiger partial charge in [-0.15, -0.1) is 11.3 Å². The molecule has 1 amide bonds.